The number of thiophene rings is 1. The third kappa shape index (κ3) is 3.24. The number of sulfonamides is 1. The minimum atomic E-state index is -3.39. The highest BCUT2D eigenvalue weighted by Gasteiger charge is 2.39. The second kappa shape index (κ2) is 6.13. The van der Waals surface area contributed by atoms with Crippen molar-refractivity contribution >= 4 is 21.4 Å². The van der Waals surface area contributed by atoms with Crippen LogP contribution in [0.4, 0.5) is 0 Å². The normalized spacial score (nSPS) is 17.9. The molecule has 1 fully saturated rings. The van der Waals surface area contributed by atoms with E-state index in [0.717, 1.165) is 48.5 Å². The Kier molecular flexibility index (Phi) is 4.89. The quantitative estimate of drug-likeness (QED) is 0.813. The van der Waals surface area contributed by atoms with Crippen LogP contribution in [0.5, 0.6) is 0 Å². The van der Waals surface area contributed by atoms with E-state index in [-0.39, 0.29) is 5.54 Å². The van der Waals surface area contributed by atoms with Gasteiger partial charge in [-0.05, 0) is 45.2 Å². The first-order valence-corrected chi connectivity index (χ1v) is 9.56. The molecule has 1 aromatic rings. The molecular weight excluding hydrogens is 292 g/mol. The van der Waals surface area contributed by atoms with Gasteiger partial charge in [0.05, 0.1) is 4.90 Å². The van der Waals surface area contributed by atoms with Crippen molar-refractivity contribution in [2.75, 3.05) is 6.54 Å². The summed E-state index contributed by atoms with van der Waals surface area (Å²) in [7, 11) is -3.39. The number of aryl methyl sites for hydroxylation is 1. The van der Waals surface area contributed by atoms with Crippen molar-refractivity contribution in [3.63, 3.8) is 0 Å². The molecule has 0 amide bonds. The van der Waals surface area contributed by atoms with Crippen LogP contribution in [0.2, 0.25) is 0 Å². The molecule has 0 atom stereocenters. The summed E-state index contributed by atoms with van der Waals surface area (Å²) < 4.78 is 28.1. The number of nitrogens with one attached hydrogen (secondary N) is 2. The Bertz CT molecular complexity index is 554. The van der Waals surface area contributed by atoms with Gasteiger partial charge >= 0.3 is 0 Å². The van der Waals surface area contributed by atoms with Crippen molar-refractivity contribution < 1.29 is 8.42 Å². The van der Waals surface area contributed by atoms with Crippen molar-refractivity contribution in [1.29, 1.82) is 0 Å². The van der Waals surface area contributed by atoms with E-state index in [1.807, 2.05) is 19.9 Å². The Hall–Kier alpha value is -0.430. The molecule has 0 spiro atoms. The summed E-state index contributed by atoms with van der Waals surface area (Å²) in [4.78, 5) is 2.40. The highest BCUT2D eigenvalue weighted by molar-refractivity contribution is 7.89. The summed E-state index contributed by atoms with van der Waals surface area (Å²) in [6, 6.07) is 1.81. The van der Waals surface area contributed by atoms with Crippen LogP contribution in [0.15, 0.2) is 11.0 Å². The van der Waals surface area contributed by atoms with Crippen molar-refractivity contribution in [3.05, 3.63) is 15.8 Å². The van der Waals surface area contributed by atoms with E-state index in [2.05, 4.69) is 17.0 Å². The van der Waals surface area contributed by atoms with Crippen LogP contribution in [0.3, 0.4) is 0 Å². The minimum absolute atomic E-state index is 0.199. The van der Waals surface area contributed by atoms with Gasteiger partial charge in [0.1, 0.15) is 0 Å². The molecule has 0 radical (unpaired) electrons. The summed E-state index contributed by atoms with van der Waals surface area (Å²) in [6.07, 6.45) is 3.89. The van der Waals surface area contributed by atoms with Crippen molar-refractivity contribution in [2.24, 2.45) is 0 Å². The molecule has 6 heteroatoms. The molecule has 1 aromatic heterocycles. The molecule has 0 aromatic carbocycles. The van der Waals surface area contributed by atoms with E-state index in [1.54, 1.807) is 11.3 Å². The number of hydrogen-bond acceptors (Lipinski definition) is 4. The lowest BCUT2D eigenvalue weighted by molar-refractivity contribution is 0.214. The van der Waals surface area contributed by atoms with Crippen LogP contribution in [0.1, 0.15) is 49.3 Å². The third-order valence-electron chi connectivity index (χ3n) is 4.10. The average Bonchev–Trinajstić information content (AvgIpc) is 2.73. The second-order valence-corrected chi connectivity index (χ2v) is 8.50. The Balaban J connectivity index is 2.18. The lowest BCUT2D eigenvalue weighted by Gasteiger charge is -2.41. The third-order valence-corrected chi connectivity index (χ3v) is 6.98. The van der Waals surface area contributed by atoms with E-state index in [9.17, 15) is 8.42 Å². The maximum Gasteiger partial charge on any atom is 0.242 e. The van der Waals surface area contributed by atoms with Crippen LogP contribution >= 0.6 is 11.3 Å². The molecule has 2 rings (SSSR count). The molecular formula is C14H24N2O2S2. The lowest BCUT2D eigenvalue weighted by Crippen LogP contribution is -2.52. The lowest BCUT2D eigenvalue weighted by atomic mass is 9.76. The van der Waals surface area contributed by atoms with Crippen LogP contribution in [-0.4, -0.2) is 20.5 Å². The predicted octanol–water partition coefficient (Wildman–Crippen LogP) is 2.78. The molecule has 0 bridgehead atoms. The van der Waals surface area contributed by atoms with E-state index in [1.165, 1.54) is 0 Å². The first-order valence-electron chi connectivity index (χ1n) is 7.26. The summed E-state index contributed by atoms with van der Waals surface area (Å²) >= 11 is 1.56. The molecule has 114 valence electrons. The largest absolute Gasteiger partial charge is 0.312 e. The van der Waals surface area contributed by atoms with Crippen LogP contribution < -0.4 is 10.0 Å². The van der Waals surface area contributed by atoms with Gasteiger partial charge < -0.3 is 5.32 Å². The van der Waals surface area contributed by atoms with Crippen molar-refractivity contribution in [3.8, 4) is 0 Å². The topological polar surface area (TPSA) is 58.2 Å². The monoisotopic (exact) mass is 316 g/mol. The molecule has 1 saturated carbocycles. The molecule has 4 nitrogen and oxygen atoms in total. The fourth-order valence-electron chi connectivity index (χ4n) is 2.60. The summed E-state index contributed by atoms with van der Waals surface area (Å²) in [6.45, 7) is 7.60. The molecule has 0 aliphatic heterocycles. The van der Waals surface area contributed by atoms with Gasteiger partial charge in [-0.3, -0.25) is 0 Å². The van der Waals surface area contributed by atoms with Gasteiger partial charge in [0.25, 0.3) is 0 Å². The maximum absolute atomic E-state index is 12.6. The molecule has 1 aliphatic rings. The Morgan fingerprint density at radius 3 is 2.55 bits per heavy atom. The van der Waals surface area contributed by atoms with E-state index in [0.29, 0.717) is 4.90 Å². The van der Waals surface area contributed by atoms with Gasteiger partial charge in [0, 0.05) is 21.8 Å². The molecule has 20 heavy (non-hydrogen) atoms. The van der Waals surface area contributed by atoms with Crippen LogP contribution in [-0.2, 0) is 16.6 Å². The Morgan fingerprint density at radius 1 is 1.35 bits per heavy atom. The molecule has 1 heterocycles. The van der Waals surface area contributed by atoms with Gasteiger partial charge in [-0.1, -0.05) is 13.8 Å². The summed E-state index contributed by atoms with van der Waals surface area (Å²) in [5.41, 5.74) is -0.199. The zero-order chi connectivity index (χ0) is 14.8. The highest BCUT2D eigenvalue weighted by atomic mass is 32.2. The molecule has 1 aliphatic carbocycles. The first kappa shape index (κ1) is 15.9. The van der Waals surface area contributed by atoms with Gasteiger partial charge in [-0.25, -0.2) is 13.1 Å². The van der Waals surface area contributed by atoms with Gasteiger partial charge in [0.15, 0.2) is 0 Å². The Morgan fingerprint density at radius 2 is 2.05 bits per heavy atom. The van der Waals surface area contributed by atoms with Crippen molar-refractivity contribution in [1.82, 2.24) is 10.0 Å². The van der Waals surface area contributed by atoms with E-state index < -0.39 is 10.0 Å². The Labute approximate surface area is 126 Å². The average molecular weight is 316 g/mol. The smallest absolute Gasteiger partial charge is 0.242 e. The fraction of sp³-hybridized carbons (Fsp3) is 0.714. The van der Waals surface area contributed by atoms with Gasteiger partial charge in [-0.2, -0.15) is 0 Å². The zero-order valence-corrected chi connectivity index (χ0v) is 14.1. The highest BCUT2D eigenvalue weighted by Crippen LogP contribution is 2.37. The maximum atomic E-state index is 12.6. The zero-order valence-electron chi connectivity index (χ0n) is 12.5. The fourth-order valence-corrected chi connectivity index (χ4v) is 5.73. The number of rotatable bonds is 7. The first-order chi connectivity index (χ1) is 9.42. The molecule has 0 unspecified atom stereocenters. The van der Waals surface area contributed by atoms with Gasteiger partial charge in [-0.15, -0.1) is 11.3 Å². The van der Waals surface area contributed by atoms with E-state index in [4.69, 9.17) is 0 Å². The summed E-state index contributed by atoms with van der Waals surface area (Å²) in [5, 5.41) is 3.23. The molecule has 2 N–H and O–H groups in total. The second-order valence-electron chi connectivity index (χ2n) is 5.51. The van der Waals surface area contributed by atoms with Gasteiger partial charge in [0.2, 0.25) is 10.0 Å². The van der Waals surface area contributed by atoms with Crippen LogP contribution in [0, 0.1) is 6.92 Å². The predicted molar refractivity (Wildman–Crippen MR) is 83.6 cm³/mol. The van der Waals surface area contributed by atoms with Crippen molar-refractivity contribution in [2.45, 2.75) is 63.4 Å². The number of hydrogen-bond donors (Lipinski definition) is 2. The standard InChI is InChI=1S/C14H24N2O2S2/c1-4-14(7-6-8-14)16-20(17,18)13-9-12(10-15-5-2)19-11(13)3/h9,15-16H,4-8,10H2,1-3H3. The molecule has 0 saturated heterocycles. The SMILES string of the molecule is CCNCc1cc(S(=O)(=O)NC2(CC)CCC2)c(C)s1. The van der Waals surface area contributed by atoms with Crippen LogP contribution in [0.25, 0.3) is 0 Å². The summed E-state index contributed by atoms with van der Waals surface area (Å²) in [5.74, 6) is 0. The van der Waals surface area contributed by atoms with E-state index >= 15 is 0 Å². The minimum Gasteiger partial charge on any atom is -0.312 e.